The second kappa shape index (κ2) is 112. The van der Waals surface area contributed by atoms with Crippen LogP contribution in [0.3, 0.4) is 0 Å². The first-order valence-corrected chi connectivity index (χ1v) is 4.83. The van der Waals surface area contributed by atoms with Crippen LogP contribution in [0.4, 0.5) is 0 Å². The summed E-state index contributed by atoms with van der Waals surface area (Å²) in [6.45, 7) is 16.5. The van der Waals surface area contributed by atoms with E-state index in [0.717, 1.165) is 0 Å². The van der Waals surface area contributed by atoms with Crippen molar-refractivity contribution >= 4 is 0 Å². The summed E-state index contributed by atoms with van der Waals surface area (Å²) in [4.78, 5) is 0. The van der Waals surface area contributed by atoms with Crippen molar-refractivity contribution in [2.45, 2.75) is 68.2 Å². The fourth-order valence-electron chi connectivity index (χ4n) is 0. The predicted molar refractivity (Wildman–Crippen MR) is 54.6 cm³/mol. The van der Waals surface area contributed by atoms with Gasteiger partial charge in [0.2, 0.25) is 0 Å². The van der Waals surface area contributed by atoms with E-state index in [-0.39, 0.29) is 37.7 Å². The summed E-state index contributed by atoms with van der Waals surface area (Å²) >= 11 is 0. The average molecular weight is 188 g/mol. The second-order valence-electron chi connectivity index (χ2n) is 1.41. The summed E-state index contributed by atoms with van der Waals surface area (Å²) < 4.78 is 0. The first kappa shape index (κ1) is 29.5. The van der Waals surface area contributed by atoms with Crippen molar-refractivity contribution in [3.8, 4) is 0 Å². The molecule has 0 spiro atoms. The Labute approximate surface area is 105 Å². The van der Waals surface area contributed by atoms with Crippen LogP contribution in [0.15, 0.2) is 0 Å². The fraction of sp³-hybridized carbons (Fsp3) is 1.00. The van der Waals surface area contributed by atoms with Crippen LogP contribution in [0.1, 0.15) is 68.2 Å². The summed E-state index contributed by atoms with van der Waals surface area (Å²) in [6.07, 6.45) is 2.50. The Morgan fingerprint density at radius 3 is 0.545 bits per heavy atom. The van der Waals surface area contributed by atoms with Crippen molar-refractivity contribution < 1.29 is 37.7 Å². The Hall–Kier alpha value is 1.26. The van der Waals surface area contributed by atoms with Crippen LogP contribution in [-0.4, -0.2) is 0 Å². The zero-order valence-electron chi connectivity index (χ0n) is 9.77. The molecule has 0 fully saturated rings. The van der Waals surface area contributed by atoms with Gasteiger partial charge in [-0.05, 0) is 0 Å². The molecule has 1 heteroatoms. The molecule has 0 saturated heterocycles. The molecule has 0 N–H and O–H groups in total. The zero-order chi connectivity index (χ0) is 9.41. The minimum Gasteiger partial charge on any atom is -0.0683 e. The van der Waals surface area contributed by atoms with Crippen molar-refractivity contribution in [1.29, 1.82) is 0 Å². The van der Waals surface area contributed by atoms with E-state index in [4.69, 9.17) is 0 Å². The number of hydrogen-bond donors (Lipinski definition) is 0. The van der Waals surface area contributed by atoms with Gasteiger partial charge in [-0.3, -0.25) is 0 Å². The Balaban J connectivity index is -0.0000000144. The molecule has 0 aromatic heterocycles. The summed E-state index contributed by atoms with van der Waals surface area (Å²) in [5.41, 5.74) is 0. The molecule has 0 aliphatic carbocycles. The normalized spacial score (nSPS) is 4.36. The molecule has 0 nitrogen and oxygen atoms in total. The zero-order valence-corrected chi connectivity index (χ0v) is 10.5. The Bertz CT molecular complexity index is 6.83. The fourth-order valence-corrected chi connectivity index (χ4v) is 0. The maximum absolute atomic E-state index is 2.12. The van der Waals surface area contributed by atoms with E-state index < -0.39 is 0 Å². The van der Waals surface area contributed by atoms with E-state index in [1.165, 1.54) is 12.8 Å². The summed E-state index contributed by atoms with van der Waals surface area (Å²) in [6, 6.07) is 0. The minimum absolute atomic E-state index is 0. The predicted octanol–water partition coefficient (Wildman–Crippen LogP) is 4.89. The van der Waals surface area contributed by atoms with Crippen molar-refractivity contribution in [3.63, 3.8) is 0 Å². The number of rotatable bonds is 0. The SMILES string of the molecule is CC.CC.CCC.CCC.[Ar]. The van der Waals surface area contributed by atoms with Crippen molar-refractivity contribution in [2.24, 2.45) is 0 Å². The van der Waals surface area contributed by atoms with Gasteiger partial charge in [0.05, 0.1) is 0 Å². The third kappa shape index (κ3) is 608. The first-order valence-electron chi connectivity index (χ1n) is 4.83. The van der Waals surface area contributed by atoms with Crippen LogP contribution in [0.5, 0.6) is 0 Å². The standard InChI is InChI=1S/2C3H8.2C2H6.Ar/c2*1-3-2;2*1-2;/h2*3H2,1-2H3;2*1-2H3;. The van der Waals surface area contributed by atoms with Crippen molar-refractivity contribution in [3.05, 3.63) is 0 Å². The van der Waals surface area contributed by atoms with Gasteiger partial charge in [-0.25, -0.2) is 0 Å². The molecule has 0 saturated carbocycles. The molecule has 0 aromatic carbocycles. The minimum atomic E-state index is 0. The van der Waals surface area contributed by atoms with Crippen molar-refractivity contribution in [2.75, 3.05) is 0 Å². The third-order valence-electron chi connectivity index (χ3n) is 0. The van der Waals surface area contributed by atoms with Crippen LogP contribution >= 0.6 is 0 Å². The van der Waals surface area contributed by atoms with E-state index in [9.17, 15) is 0 Å². The average Bonchev–Trinajstić information content (AvgIpc) is 1.99. The molecule has 0 aliphatic rings. The Kier molecular flexibility index (Phi) is 299. The summed E-state index contributed by atoms with van der Waals surface area (Å²) in [5, 5.41) is 0. The largest absolute Gasteiger partial charge is 0.0683 e. The molecule has 76 valence electrons. The van der Waals surface area contributed by atoms with E-state index >= 15 is 0 Å². The Morgan fingerprint density at radius 1 is 0.545 bits per heavy atom. The van der Waals surface area contributed by atoms with Crippen LogP contribution in [0, 0.1) is 37.7 Å². The number of hydrogen-bond acceptors (Lipinski definition) is 0. The Morgan fingerprint density at radius 2 is 0.545 bits per heavy atom. The van der Waals surface area contributed by atoms with Crippen LogP contribution < -0.4 is 0 Å². The van der Waals surface area contributed by atoms with Crippen LogP contribution in [0.25, 0.3) is 0 Å². The van der Waals surface area contributed by atoms with Crippen LogP contribution in [-0.2, 0) is 0 Å². The van der Waals surface area contributed by atoms with Gasteiger partial charge in [-0.15, -0.1) is 0 Å². The topological polar surface area (TPSA) is 0 Å². The van der Waals surface area contributed by atoms with Gasteiger partial charge in [0.25, 0.3) is 0 Å². The van der Waals surface area contributed by atoms with E-state index in [0.29, 0.717) is 0 Å². The van der Waals surface area contributed by atoms with Crippen LogP contribution in [0.2, 0.25) is 0 Å². The van der Waals surface area contributed by atoms with E-state index in [1.54, 1.807) is 0 Å². The second-order valence-corrected chi connectivity index (χ2v) is 1.41. The van der Waals surface area contributed by atoms with Crippen molar-refractivity contribution in [1.82, 2.24) is 0 Å². The third-order valence-corrected chi connectivity index (χ3v) is 0. The molecule has 0 unspecified atom stereocenters. The van der Waals surface area contributed by atoms with Gasteiger partial charge < -0.3 is 0 Å². The quantitative estimate of drug-likeness (QED) is 0.508. The molecular weight excluding hydrogens is 160 g/mol. The molecule has 0 bridgehead atoms. The molecule has 0 aliphatic heterocycles. The van der Waals surface area contributed by atoms with Gasteiger partial charge in [0.1, 0.15) is 0 Å². The molecule has 0 heterocycles. The van der Waals surface area contributed by atoms with Gasteiger partial charge in [-0.1, -0.05) is 68.2 Å². The molecular formula is C10H28Ar. The molecule has 0 atom stereocenters. The monoisotopic (exact) mass is 188 g/mol. The van der Waals surface area contributed by atoms with Gasteiger partial charge in [-0.2, -0.15) is 0 Å². The molecule has 0 rings (SSSR count). The molecule has 11 heavy (non-hydrogen) atoms. The molecule has 0 radical (unpaired) electrons. The molecule has 0 aromatic rings. The summed E-state index contributed by atoms with van der Waals surface area (Å²) in [5.74, 6) is 0. The van der Waals surface area contributed by atoms with Gasteiger partial charge >= 0.3 is 0 Å². The smallest absolute Gasteiger partial charge is 0 e. The maximum Gasteiger partial charge on any atom is 0 e. The molecule has 0 amide bonds. The van der Waals surface area contributed by atoms with E-state index in [1.807, 2.05) is 27.7 Å². The maximum atomic E-state index is 2.12. The van der Waals surface area contributed by atoms with Gasteiger partial charge in [0, 0.05) is 37.7 Å². The van der Waals surface area contributed by atoms with E-state index in [2.05, 4.69) is 27.7 Å². The van der Waals surface area contributed by atoms with Gasteiger partial charge in [0.15, 0.2) is 0 Å². The summed E-state index contributed by atoms with van der Waals surface area (Å²) in [7, 11) is 0. The first-order chi connectivity index (χ1) is 4.83.